The number of carboxylic acids is 1. The van der Waals surface area contributed by atoms with E-state index >= 15 is 0 Å². The van der Waals surface area contributed by atoms with Crippen LogP contribution in [0.5, 0.6) is 0 Å². The number of carbonyl (C=O) groups excluding carboxylic acids is 1. The van der Waals surface area contributed by atoms with Gasteiger partial charge in [-0.25, -0.2) is 9.59 Å². The summed E-state index contributed by atoms with van der Waals surface area (Å²) in [5, 5.41) is 21.2. The monoisotopic (exact) mass is 322 g/mol. The number of benzene rings is 1. The number of carbonyl (C=O) groups is 2. The van der Waals surface area contributed by atoms with Gasteiger partial charge in [0.2, 0.25) is 0 Å². The number of hydrogen-bond acceptors (Lipinski definition) is 4. The van der Waals surface area contributed by atoms with Crippen molar-refractivity contribution in [2.45, 2.75) is 32.0 Å². The van der Waals surface area contributed by atoms with Gasteiger partial charge in [-0.1, -0.05) is 12.1 Å². The standard InChI is InChI=1S/C16H22N2O5/c1-11(19)8-14-10-23-7-6-18(14)16(22)17-9-12-2-4-13(5-3-12)15(20)21/h2-5,11,14,19H,6-10H2,1H3,(H,17,22)(H,20,21). The van der Waals surface area contributed by atoms with Crippen LogP contribution in [0.1, 0.15) is 29.3 Å². The highest BCUT2D eigenvalue weighted by molar-refractivity contribution is 5.87. The number of aliphatic hydroxyl groups is 1. The Kier molecular flexibility index (Phi) is 5.95. The lowest BCUT2D eigenvalue weighted by Gasteiger charge is -2.36. The zero-order valence-corrected chi connectivity index (χ0v) is 13.1. The highest BCUT2D eigenvalue weighted by atomic mass is 16.5. The van der Waals surface area contributed by atoms with Crippen molar-refractivity contribution in [1.29, 1.82) is 0 Å². The van der Waals surface area contributed by atoms with Crippen LogP contribution in [-0.4, -0.2) is 59.0 Å². The van der Waals surface area contributed by atoms with Gasteiger partial charge < -0.3 is 25.2 Å². The Bertz CT molecular complexity index is 544. The summed E-state index contributed by atoms with van der Waals surface area (Å²) in [5.74, 6) is -0.977. The lowest BCUT2D eigenvalue weighted by molar-refractivity contribution is -0.00437. The molecule has 2 amide bonds. The van der Waals surface area contributed by atoms with Gasteiger partial charge in [-0.2, -0.15) is 0 Å². The molecular weight excluding hydrogens is 300 g/mol. The summed E-state index contributed by atoms with van der Waals surface area (Å²) in [7, 11) is 0. The predicted octanol–water partition coefficient (Wildman–Crippen LogP) is 1.07. The van der Waals surface area contributed by atoms with Crippen molar-refractivity contribution in [3.8, 4) is 0 Å². The first-order chi connectivity index (χ1) is 11.0. The third kappa shape index (κ3) is 4.94. The van der Waals surface area contributed by atoms with Crippen molar-refractivity contribution in [1.82, 2.24) is 10.2 Å². The number of urea groups is 1. The van der Waals surface area contributed by atoms with Crippen LogP contribution >= 0.6 is 0 Å². The Balaban J connectivity index is 1.90. The van der Waals surface area contributed by atoms with Crippen molar-refractivity contribution < 1.29 is 24.5 Å². The number of nitrogens with zero attached hydrogens (tertiary/aromatic N) is 1. The van der Waals surface area contributed by atoms with E-state index in [4.69, 9.17) is 9.84 Å². The van der Waals surface area contributed by atoms with Crippen molar-refractivity contribution in [3.63, 3.8) is 0 Å². The van der Waals surface area contributed by atoms with Gasteiger partial charge in [0.15, 0.2) is 0 Å². The number of aliphatic hydroxyl groups excluding tert-OH is 1. The number of nitrogens with one attached hydrogen (secondary N) is 1. The minimum atomic E-state index is -0.977. The third-order valence-corrected chi connectivity index (χ3v) is 3.75. The van der Waals surface area contributed by atoms with Crippen LogP contribution < -0.4 is 5.32 Å². The van der Waals surface area contributed by atoms with Crippen LogP contribution in [0.4, 0.5) is 4.79 Å². The van der Waals surface area contributed by atoms with E-state index in [9.17, 15) is 14.7 Å². The molecule has 126 valence electrons. The summed E-state index contributed by atoms with van der Waals surface area (Å²) in [4.78, 5) is 24.8. The first-order valence-electron chi connectivity index (χ1n) is 7.60. The largest absolute Gasteiger partial charge is 0.478 e. The summed E-state index contributed by atoms with van der Waals surface area (Å²) in [6.07, 6.45) is -0.0265. The zero-order valence-electron chi connectivity index (χ0n) is 13.1. The second kappa shape index (κ2) is 7.94. The zero-order chi connectivity index (χ0) is 16.8. The number of hydrogen-bond donors (Lipinski definition) is 3. The quantitative estimate of drug-likeness (QED) is 0.753. The summed E-state index contributed by atoms with van der Waals surface area (Å²) in [6.45, 7) is 3.40. The van der Waals surface area contributed by atoms with Gasteiger partial charge in [0.05, 0.1) is 30.9 Å². The molecule has 23 heavy (non-hydrogen) atoms. The molecule has 1 aromatic rings. The predicted molar refractivity (Wildman–Crippen MR) is 83.2 cm³/mol. The Hall–Kier alpha value is -2.12. The van der Waals surface area contributed by atoms with Gasteiger partial charge in [-0.3, -0.25) is 0 Å². The van der Waals surface area contributed by atoms with Gasteiger partial charge in [0.25, 0.3) is 0 Å². The lowest BCUT2D eigenvalue weighted by Crippen LogP contribution is -2.53. The molecule has 2 rings (SSSR count). The van der Waals surface area contributed by atoms with E-state index < -0.39 is 12.1 Å². The fourth-order valence-electron chi connectivity index (χ4n) is 2.56. The number of ether oxygens (including phenoxy) is 1. The van der Waals surface area contributed by atoms with Crippen molar-refractivity contribution >= 4 is 12.0 Å². The van der Waals surface area contributed by atoms with Crippen LogP contribution in [0.25, 0.3) is 0 Å². The summed E-state index contributed by atoms with van der Waals surface area (Å²) >= 11 is 0. The van der Waals surface area contributed by atoms with Crippen molar-refractivity contribution in [2.75, 3.05) is 19.8 Å². The van der Waals surface area contributed by atoms with Crippen LogP contribution in [0.15, 0.2) is 24.3 Å². The minimum Gasteiger partial charge on any atom is -0.478 e. The molecule has 0 aliphatic carbocycles. The van der Waals surface area contributed by atoms with Crippen LogP contribution in [0, 0.1) is 0 Å². The van der Waals surface area contributed by atoms with Crippen molar-refractivity contribution in [2.24, 2.45) is 0 Å². The molecule has 1 heterocycles. The maximum atomic E-state index is 12.3. The highest BCUT2D eigenvalue weighted by Crippen LogP contribution is 2.13. The Morgan fingerprint density at radius 1 is 1.39 bits per heavy atom. The van der Waals surface area contributed by atoms with Gasteiger partial charge in [-0.15, -0.1) is 0 Å². The molecule has 0 radical (unpaired) electrons. The van der Waals surface area contributed by atoms with Gasteiger partial charge >= 0.3 is 12.0 Å². The molecule has 7 heteroatoms. The average molecular weight is 322 g/mol. The lowest BCUT2D eigenvalue weighted by atomic mass is 10.1. The highest BCUT2D eigenvalue weighted by Gasteiger charge is 2.28. The van der Waals surface area contributed by atoms with E-state index in [0.29, 0.717) is 32.7 Å². The number of morpholine rings is 1. The van der Waals surface area contributed by atoms with Crippen LogP contribution in [0.2, 0.25) is 0 Å². The molecule has 1 aliphatic heterocycles. The number of amides is 2. The fourth-order valence-corrected chi connectivity index (χ4v) is 2.56. The molecule has 1 fully saturated rings. The molecule has 1 aliphatic rings. The maximum absolute atomic E-state index is 12.3. The summed E-state index contributed by atoms with van der Waals surface area (Å²) < 4.78 is 5.37. The van der Waals surface area contributed by atoms with Crippen LogP contribution in [-0.2, 0) is 11.3 Å². The van der Waals surface area contributed by atoms with E-state index in [2.05, 4.69) is 5.32 Å². The average Bonchev–Trinajstić information content (AvgIpc) is 2.53. The molecule has 0 bridgehead atoms. The number of rotatable bonds is 5. The first-order valence-corrected chi connectivity index (χ1v) is 7.60. The van der Waals surface area contributed by atoms with E-state index in [1.54, 1.807) is 24.0 Å². The SMILES string of the molecule is CC(O)CC1COCCN1C(=O)NCc1ccc(C(=O)O)cc1. The molecule has 0 saturated carbocycles. The van der Waals surface area contributed by atoms with E-state index in [0.717, 1.165) is 5.56 Å². The van der Waals surface area contributed by atoms with E-state index in [1.165, 1.54) is 12.1 Å². The molecule has 0 spiro atoms. The first kappa shape index (κ1) is 17.2. The summed E-state index contributed by atoms with van der Waals surface area (Å²) in [6, 6.07) is 6.02. The molecule has 2 unspecified atom stereocenters. The maximum Gasteiger partial charge on any atom is 0.335 e. The van der Waals surface area contributed by atoms with E-state index in [-0.39, 0.29) is 17.6 Å². The second-order valence-corrected chi connectivity index (χ2v) is 5.67. The number of carboxylic acid groups (broad SMARTS) is 1. The summed E-state index contributed by atoms with van der Waals surface area (Å²) in [5.41, 5.74) is 1.04. The van der Waals surface area contributed by atoms with Gasteiger partial charge in [-0.05, 0) is 31.0 Å². The minimum absolute atomic E-state index is 0.141. The molecule has 7 nitrogen and oxygen atoms in total. The molecule has 0 aromatic heterocycles. The third-order valence-electron chi connectivity index (χ3n) is 3.75. The molecule has 3 N–H and O–H groups in total. The normalized spacial score (nSPS) is 19.2. The number of aromatic carboxylic acids is 1. The molecule has 2 atom stereocenters. The molecule has 1 saturated heterocycles. The topological polar surface area (TPSA) is 99.1 Å². The molecular formula is C16H22N2O5. The fraction of sp³-hybridized carbons (Fsp3) is 0.500. The van der Waals surface area contributed by atoms with Crippen molar-refractivity contribution in [3.05, 3.63) is 35.4 Å². The molecule has 1 aromatic carbocycles. The van der Waals surface area contributed by atoms with Gasteiger partial charge in [0.1, 0.15) is 0 Å². The van der Waals surface area contributed by atoms with Gasteiger partial charge in [0, 0.05) is 13.1 Å². The Labute approximate surface area is 134 Å². The smallest absolute Gasteiger partial charge is 0.335 e. The van der Waals surface area contributed by atoms with Crippen LogP contribution in [0.3, 0.4) is 0 Å². The van der Waals surface area contributed by atoms with E-state index in [1.807, 2.05) is 0 Å². The Morgan fingerprint density at radius 3 is 2.70 bits per heavy atom. The Morgan fingerprint density at radius 2 is 2.09 bits per heavy atom. The second-order valence-electron chi connectivity index (χ2n) is 5.67.